The first-order valence-electron chi connectivity index (χ1n) is 4.35. The molecule has 0 saturated carbocycles. The summed E-state index contributed by atoms with van der Waals surface area (Å²) in [7, 11) is 0. The summed E-state index contributed by atoms with van der Waals surface area (Å²) in [6.45, 7) is 5.70. The van der Waals surface area contributed by atoms with Gasteiger partial charge in [0.1, 0.15) is 6.07 Å². The van der Waals surface area contributed by atoms with Crippen LogP contribution in [0.5, 0.6) is 0 Å². The molecule has 0 saturated heterocycles. The molecule has 2 aromatic rings. The summed E-state index contributed by atoms with van der Waals surface area (Å²) < 4.78 is 0. The Balaban J connectivity index is 2.95. The molecule has 2 nitrogen and oxygen atoms in total. The molecule has 1 heterocycles. The van der Waals surface area contributed by atoms with Crippen LogP contribution in [-0.2, 0) is 0 Å². The summed E-state index contributed by atoms with van der Waals surface area (Å²) in [6, 6.07) is 9.91. The highest BCUT2D eigenvalue weighted by Crippen LogP contribution is 2.21. The van der Waals surface area contributed by atoms with E-state index in [0.717, 1.165) is 16.5 Å². The fourth-order valence-corrected chi connectivity index (χ4v) is 1.59. The van der Waals surface area contributed by atoms with Crippen LogP contribution in [0.4, 0.5) is 0 Å². The molecule has 0 amide bonds. The molecule has 0 aliphatic carbocycles. The average molecular weight is 181 g/mol. The number of benzene rings is 1. The van der Waals surface area contributed by atoms with Crippen molar-refractivity contribution in [2.45, 2.75) is 6.92 Å². The van der Waals surface area contributed by atoms with Gasteiger partial charge in [0.05, 0.1) is 16.8 Å². The minimum atomic E-state index is 0.559. The van der Waals surface area contributed by atoms with E-state index in [1.54, 1.807) is 0 Å². The highest BCUT2D eigenvalue weighted by Gasteiger charge is 2.07. The van der Waals surface area contributed by atoms with Crippen molar-refractivity contribution in [3.8, 4) is 6.07 Å². The first-order chi connectivity index (χ1) is 6.74. The van der Waals surface area contributed by atoms with E-state index in [-0.39, 0.29) is 0 Å². The molecule has 1 aromatic heterocycles. The maximum Gasteiger partial charge on any atom is 0.101 e. The van der Waals surface area contributed by atoms with Crippen LogP contribution in [-0.4, -0.2) is 4.98 Å². The first-order valence-corrected chi connectivity index (χ1v) is 4.35. The lowest BCUT2D eigenvalue weighted by Gasteiger charge is -2.05. The van der Waals surface area contributed by atoms with E-state index in [0.29, 0.717) is 11.3 Å². The van der Waals surface area contributed by atoms with Gasteiger partial charge in [-0.25, -0.2) is 0 Å². The van der Waals surface area contributed by atoms with Gasteiger partial charge in [0.25, 0.3) is 0 Å². The number of nitrogens with zero attached hydrogens (tertiary/aromatic N) is 2. The zero-order chi connectivity index (χ0) is 10.1. The molecule has 1 aromatic carbocycles. The SMILES string of the molecule is [CH2]c1nc2ccccc2c(C)c1C#N. The van der Waals surface area contributed by atoms with Crippen molar-refractivity contribution in [1.82, 2.24) is 4.98 Å². The van der Waals surface area contributed by atoms with E-state index in [9.17, 15) is 0 Å². The van der Waals surface area contributed by atoms with Gasteiger partial charge >= 0.3 is 0 Å². The Labute approximate surface area is 82.8 Å². The van der Waals surface area contributed by atoms with Crippen LogP contribution >= 0.6 is 0 Å². The highest BCUT2D eigenvalue weighted by molar-refractivity contribution is 5.84. The van der Waals surface area contributed by atoms with Crippen molar-refractivity contribution in [2.75, 3.05) is 0 Å². The standard InChI is InChI=1S/C12H9N2/c1-8-10-5-3-4-6-12(10)14-9(2)11(8)7-13/h3-6H,2H2,1H3. The maximum atomic E-state index is 8.93. The smallest absolute Gasteiger partial charge is 0.101 e. The molecule has 67 valence electrons. The van der Waals surface area contributed by atoms with E-state index >= 15 is 0 Å². The molecule has 0 aliphatic rings. The number of rotatable bonds is 0. The third-order valence-corrected chi connectivity index (χ3v) is 2.34. The molecule has 0 N–H and O–H groups in total. The number of fused-ring (bicyclic) bond motifs is 1. The summed E-state index contributed by atoms with van der Waals surface area (Å²) >= 11 is 0. The largest absolute Gasteiger partial charge is 0.251 e. The predicted molar refractivity (Wildman–Crippen MR) is 55.7 cm³/mol. The number of hydrogen-bond acceptors (Lipinski definition) is 2. The number of nitriles is 1. The lowest BCUT2D eigenvalue weighted by molar-refractivity contribution is 1.27. The van der Waals surface area contributed by atoms with Gasteiger partial charge in [-0.05, 0) is 25.5 Å². The van der Waals surface area contributed by atoms with Gasteiger partial charge in [-0.1, -0.05) is 18.2 Å². The van der Waals surface area contributed by atoms with Crippen molar-refractivity contribution in [1.29, 1.82) is 5.26 Å². The molecule has 0 bridgehead atoms. The number of aromatic nitrogens is 1. The molecule has 0 fully saturated rings. The topological polar surface area (TPSA) is 36.7 Å². The molecule has 1 radical (unpaired) electrons. The third-order valence-electron chi connectivity index (χ3n) is 2.34. The zero-order valence-electron chi connectivity index (χ0n) is 7.91. The molecule has 0 aliphatic heterocycles. The van der Waals surface area contributed by atoms with Crippen LogP contribution in [0.3, 0.4) is 0 Å². The Morgan fingerprint density at radius 3 is 2.79 bits per heavy atom. The van der Waals surface area contributed by atoms with Crippen molar-refractivity contribution in [2.24, 2.45) is 0 Å². The molecule has 2 rings (SSSR count). The maximum absolute atomic E-state index is 8.93. The van der Waals surface area contributed by atoms with Gasteiger partial charge < -0.3 is 0 Å². The molecular formula is C12H9N2. The normalized spacial score (nSPS) is 10.1. The minimum Gasteiger partial charge on any atom is -0.251 e. The third kappa shape index (κ3) is 1.14. The van der Waals surface area contributed by atoms with Crippen molar-refractivity contribution in [3.05, 3.63) is 48.0 Å². The minimum absolute atomic E-state index is 0.559. The number of para-hydroxylation sites is 1. The fourth-order valence-electron chi connectivity index (χ4n) is 1.59. The Bertz CT molecular complexity index is 536. The molecule has 0 spiro atoms. The second-order valence-corrected chi connectivity index (χ2v) is 3.19. The molecule has 14 heavy (non-hydrogen) atoms. The van der Waals surface area contributed by atoms with Gasteiger partial charge in [0, 0.05) is 5.39 Å². The molecule has 0 atom stereocenters. The number of hydrogen-bond donors (Lipinski definition) is 0. The van der Waals surface area contributed by atoms with Crippen LogP contribution < -0.4 is 0 Å². The van der Waals surface area contributed by atoms with E-state index < -0.39 is 0 Å². The van der Waals surface area contributed by atoms with Crippen LogP contribution in [0.15, 0.2) is 24.3 Å². The summed E-state index contributed by atoms with van der Waals surface area (Å²) in [5.41, 5.74) is 3.00. The molecule has 2 heteroatoms. The Hall–Kier alpha value is -1.88. The van der Waals surface area contributed by atoms with Gasteiger partial charge in [0.2, 0.25) is 0 Å². The average Bonchev–Trinajstić information content (AvgIpc) is 2.18. The fraction of sp³-hybridized carbons (Fsp3) is 0.0833. The van der Waals surface area contributed by atoms with Crippen LogP contribution in [0.2, 0.25) is 0 Å². The second-order valence-electron chi connectivity index (χ2n) is 3.19. The Morgan fingerprint density at radius 2 is 2.07 bits per heavy atom. The first kappa shape index (κ1) is 8.71. The van der Waals surface area contributed by atoms with Gasteiger partial charge in [-0.15, -0.1) is 0 Å². The summed E-state index contributed by atoms with van der Waals surface area (Å²) in [5.74, 6) is 0. The zero-order valence-corrected chi connectivity index (χ0v) is 7.91. The van der Waals surface area contributed by atoms with E-state index in [1.807, 2.05) is 31.2 Å². The van der Waals surface area contributed by atoms with E-state index in [2.05, 4.69) is 18.0 Å². The van der Waals surface area contributed by atoms with Gasteiger partial charge in [-0.2, -0.15) is 5.26 Å². The lowest BCUT2D eigenvalue weighted by Crippen LogP contribution is -1.93. The van der Waals surface area contributed by atoms with Crippen molar-refractivity contribution < 1.29 is 0 Å². The molecule has 0 unspecified atom stereocenters. The number of pyridine rings is 1. The van der Waals surface area contributed by atoms with Crippen molar-refractivity contribution >= 4 is 10.9 Å². The van der Waals surface area contributed by atoms with Crippen LogP contribution in [0.1, 0.15) is 16.8 Å². The van der Waals surface area contributed by atoms with E-state index in [1.165, 1.54) is 0 Å². The summed E-state index contributed by atoms with van der Waals surface area (Å²) in [5, 5.41) is 9.95. The van der Waals surface area contributed by atoms with Gasteiger partial charge in [-0.3, -0.25) is 4.98 Å². The van der Waals surface area contributed by atoms with Crippen LogP contribution in [0.25, 0.3) is 10.9 Å². The van der Waals surface area contributed by atoms with Crippen molar-refractivity contribution in [3.63, 3.8) is 0 Å². The molecular weight excluding hydrogens is 172 g/mol. The highest BCUT2D eigenvalue weighted by atomic mass is 14.7. The van der Waals surface area contributed by atoms with Gasteiger partial charge in [0.15, 0.2) is 0 Å². The Kier molecular flexibility index (Phi) is 1.94. The monoisotopic (exact) mass is 181 g/mol. The lowest BCUT2D eigenvalue weighted by atomic mass is 10.0. The van der Waals surface area contributed by atoms with Crippen LogP contribution in [0, 0.1) is 25.2 Å². The van der Waals surface area contributed by atoms with E-state index in [4.69, 9.17) is 5.26 Å². The Morgan fingerprint density at radius 1 is 1.36 bits per heavy atom. The number of aryl methyl sites for hydroxylation is 1. The summed E-state index contributed by atoms with van der Waals surface area (Å²) in [4.78, 5) is 4.27. The second kappa shape index (κ2) is 3.12. The quantitative estimate of drug-likeness (QED) is 0.626. The summed E-state index contributed by atoms with van der Waals surface area (Å²) in [6.07, 6.45) is 0. The predicted octanol–water partition coefficient (Wildman–Crippen LogP) is 2.60.